The van der Waals surface area contributed by atoms with Gasteiger partial charge in [-0.2, -0.15) is 11.8 Å². The molecule has 0 aromatic carbocycles. The topological polar surface area (TPSA) is 37.8 Å². The van der Waals surface area contributed by atoms with Gasteiger partial charge in [0.1, 0.15) is 11.6 Å². The largest absolute Gasteiger partial charge is 0.366 e. The van der Waals surface area contributed by atoms with Crippen molar-refractivity contribution in [2.45, 2.75) is 19.4 Å². The smallest absolute Gasteiger partial charge is 0.129 e. The average Bonchev–Trinajstić information content (AvgIpc) is 2.57. The lowest BCUT2D eigenvalue weighted by atomic mass is 10.2. The average molecular weight is 195 g/mol. The molecule has 1 N–H and O–H groups in total. The number of thioether (sulfide) groups is 1. The highest BCUT2D eigenvalue weighted by atomic mass is 32.2. The fraction of sp³-hybridized carbons (Fsp3) is 0.556. The first-order valence-corrected chi connectivity index (χ1v) is 5.64. The van der Waals surface area contributed by atoms with Gasteiger partial charge in [0.25, 0.3) is 0 Å². The summed E-state index contributed by atoms with van der Waals surface area (Å²) in [6, 6.07) is 2.52. The van der Waals surface area contributed by atoms with E-state index in [2.05, 4.69) is 15.3 Å². The van der Waals surface area contributed by atoms with Crippen molar-refractivity contribution in [1.82, 2.24) is 9.97 Å². The zero-order chi connectivity index (χ0) is 9.10. The van der Waals surface area contributed by atoms with E-state index >= 15 is 0 Å². The van der Waals surface area contributed by atoms with Crippen LogP contribution in [0.5, 0.6) is 0 Å². The van der Waals surface area contributed by atoms with Crippen molar-refractivity contribution in [3.8, 4) is 0 Å². The van der Waals surface area contributed by atoms with Crippen LogP contribution in [0.3, 0.4) is 0 Å². The molecule has 1 aromatic rings. The van der Waals surface area contributed by atoms with Crippen LogP contribution in [0.1, 0.15) is 12.2 Å². The third kappa shape index (κ3) is 2.34. The Morgan fingerprint density at radius 2 is 2.54 bits per heavy atom. The molecule has 1 aliphatic rings. The van der Waals surface area contributed by atoms with E-state index in [-0.39, 0.29) is 0 Å². The summed E-state index contributed by atoms with van der Waals surface area (Å²) in [5, 5.41) is 3.41. The van der Waals surface area contributed by atoms with Gasteiger partial charge in [-0.15, -0.1) is 0 Å². The first-order chi connectivity index (χ1) is 6.34. The summed E-state index contributed by atoms with van der Waals surface area (Å²) in [4.78, 5) is 8.36. The summed E-state index contributed by atoms with van der Waals surface area (Å²) in [5.41, 5.74) is 0. The monoisotopic (exact) mass is 195 g/mol. The van der Waals surface area contributed by atoms with Crippen molar-refractivity contribution in [2.24, 2.45) is 0 Å². The van der Waals surface area contributed by atoms with Crippen LogP contribution in [0.4, 0.5) is 5.82 Å². The molecule has 0 spiro atoms. The first-order valence-electron chi connectivity index (χ1n) is 4.48. The molecule has 0 aliphatic carbocycles. The molecule has 2 rings (SSSR count). The third-order valence-electron chi connectivity index (χ3n) is 2.06. The van der Waals surface area contributed by atoms with E-state index in [0.717, 1.165) is 11.6 Å². The third-order valence-corrected chi connectivity index (χ3v) is 3.22. The molecule has 13 heavy (non-hydrogen) atoms. The highest BCUT2D eigenvalue weighted by molar-refractivity contribution is 7.99. The Kier molecular flexibility index (Phi) is 2.68. The lowest BCUT2D eigenvalue weighted by Gasteiger charge is -2.11. The van der Waals surface area contributed by atoms with Gasteiger partial charge in [0.05, 0.1) is 0 Å². The van der Waals surface area contributed by atoms with Crippen LogP contribution in [0.25, 0.3) is 0 Å². The maximum atomic E-state index is 4.31. The van der Waals surface area contributed by atoms with Crippen molar-refractivity contribution in [2.75, 3.05) is 16.8 Å². The van der Waals surface area contributed by atoms with Crippen LogP contribution in [0.2, 0.25) is 0 Å². The Bertz CT molecular complexity index is 284. The van der Waals surface area contributed by atoms with E-state index in [4.69, 9.17) is 0 Å². The van der Waals surface area contributed by atoms with Gasteiger partial charge in [0.15, 0.2) is 0 Å². The number of nitrogens with zero attached hydrogens (tertiary/aromatic N) is 2. The molecule has 3 nitrogen and oxygen atoms in total. The Balaban J connectivity index is 2.00. The van der Waals surface area contributed by atoms with Crippen LogP contribution in [-0.2, 0) is 0 Å². The van der Waals surface area contributed by atoms with E-state index in [1.807, 2.05) is 24.8 Å². The summed E-state index contributed by atoms with van der Waals surface area (Å²) in [5.74, 6) is 4.25. The summed E-state index contributed by atoms with van der Waals surface area (Å²) in [6.45, 7) is 1.91. The zero-order valence-corrected chi connectivity index (χ0v) is 8.47. The standard InChI is InChI=1S/C9H13N3S/c1-7-10-4-2-9(11-7)12-8-3-5-13-6-8/h2,4,8H,3,5-6H2,1H3,(H,10,11,12). The van der Waals surface area contributed by atoms with E-state index in [0.29, 0.717) is 6.04 Å². The summed E-state index contributed by atoms with van der Waals surface area (Å²) < 4.78 is 0. The normalized spacial score (nSPS) is 21.8. The van der Waals surface area contributed by atoms with E-state index in [1.54, 1.807) is 6.20 Å². The fourth-order valence-electron chi connectivity index (χ4n) is 1.39. The Labute approximate surface area is 82.4 Å². The quantitative estimate of drug-likeness (QED) is 0.779. The molecule has 0 radical (unpaired) electrons. The van der Waals surface area contributed by atoms with Gasteiger partial charge in [-0.05, 0) is 25.2 Å². The van der Waals surface area contributed by atoms with Gasteiger partial charge in [-0.25, -0.2) is 9.97 Å². The lowest BCUT2D eigenvalue weighted by Crippen LogP contribution is -2.19. The zero-order valence-electron chi connectivity index (χ0n) is 7.66. The number of rotatable bonds is 2. The Morgan fingerprint density at radius 1 is 1.62 bits per heavy atom. The summed E-state index contributed by atoms with van der Waals surface area (Å²) in [7, 11) is 0. The molecule has 0 saturated carbocycles. The van der Waals surface area contributed by atoms with Crippen molar-refractivity contribution in [3.63, 3.8) is 0 Å². The number of aromatic nitrogens is 2. The molecule has 1 aromatic heterocycles. The van der Waals surface area contributed by atoms with Crippen molar-refractivity contribution in [3.05, 3.63) is 18.1 Å². The van der Waals surface area contributed by atoms with Crippen LogP contribution in [0, 0.1) is 6.92 Å². The van der Waals surface area contributed by atoms with Gasteiger partial charge in [-0.3, -0.25) is 0 Å². The molecule has 1 aliphatic heterocycles. The second kappa shape index (κ2) is 3.96. The van der Waals surface area contributed by atoms with Crippen molar-refractivity contribution >= 4 is 17.6 Å². The van der Waals surface area contributed by atoms with Gasteiger partial charge in [0.2, 0.25) is 0 Å². The summed E-state index contributed by atoms with van der Waals surface area (Å²) in [6.07, 6.45) is 3.04. The lowest BCUT2D eigenvalue weighted by molar-refractivity contribution is 0.803. The molecule has 1 unspecified atom stereocenters. The minimum atomic E-state index is 0.597. The summed E-state index contributed by atoms with van der Waals surface area (Å²) >= 11 is 2.00. The van der Waals surface area contributed by atoms with Gasteiger partial charge in [0, 0.05) is 18.0 Å². The van der Waals surface area contributed by atoms with Crippen LogP contribution in [0.15, 0.2) is 12.3 Å². The minimum Gasteiger partial charge on any atom is -0.366 e. The second-order valence-electron chi connectivity index (χ2n) is 3.19. The minimum absolute atomic E-state index is 0.597. The highest BCUT2D eigenvalue weighted by Gasteiger charge is 2.15. The molecule has 2 heterocycles. The SMILES string of the molecule is Cc1nccc(NC2CCSC2)n1. The van der Waals surface area contributed by atoms with Crippen LogP contribution in [-0.4, -0.2) is 27.5 Å². The van der Waals surface area contributed by atoms with Crippen molar-refractivity contribution < 1.29 is 0 Å². The predicted octanol–water partition coefficient (Wildman–Crippen LogP) is 1.70. The highest BCUT2D eigenvalue weighted by Crippen LogP contribution is 2.20. The molecule has 1 saturated heterocycles. The van der Waals surface area contributed by atoms with E-state index in [9.17, 15) is 0 Å². The number of nitrogens with one attached hydrogen (secondary N) is 1. The number of hydrogen-bond donors (Lipinski definition) is 1. The Morgan fingerprint density at radius 3 is 3.23 bits per heavy atom. The maximum Gasteiger partial charge on any atom is 0.129 e. The van der Waals surface area contributed by atoms with Crippen LogP contribution >= 0.6 is 11.8 Å². The number of hydrogen-bond acceptors (Lipinski definition) is 4. The van der Waals surface area contributed by atoms with Gasteiger partial charge in [-0.1, -0.05) is 0 Å². The molecule has 0 bridgehead atoms. The first kappa shape index (κ1) is 8.81. The van der Waals surface area contributed by atoms with Crippen LogP contribution < -0.4 is 5.32 Å². The van der Waals surface area contributed by atoms with Crippen molar-refractivity contribution in [1.29, 1.82) is 0 Å². The number of anilines is 1. The molecule has 1 atom stereocenters. The van der Waals surface area contributed by atoms with E-state index < -0.39 is 0 Å². The molecule has 4 heteroatoms. The molecule has 70 valence electrons. The molecule has 1 fully saturated rings. The Hall–Kier alpha value is -0.770. The fourth-order valence-corrected chi connectivity index (χ4v) is 2.55. The number of aryl methyl sites for hydroxylation is 1. The van der Waals surface area contributed by atoms with Gasteiger partial charge >= 0.3 is 0 Å². The molecular weight excluding hydrogens is 182 g/mol. The predicted molar refractivity (Wildman–Crippen MR) is 56.1 cm³/mol. The second-order valence-corrected chi connectivity index (χ2v) is 4.34. The maximum absolute atomic E-state index is 4.31. The molecule has 0 amide bonds. The van der Waals surface area contributed by atoms with E-state index in [1.165, 1.54) is 17.9 Å². The van der Waals surface area contributed by atoms with Gasteiger partial charge < -0.3 is 5.32 Å². The molecular formula is C9H13N3S.